The van der Waals surface area contributed by atoms with Crippen LogP contribution in [0.15, 0.2) is 24.6 Å². The highest BCUT2D eigenvalue weighted by atomic mass is 15.3. The van der Waals surface area contributed by atoms with Crippen LogP contribution in [0.1, 0.15) is 65.2 Å². The normalized spacial score (nSPS) is 16.8. The van der Waals surface area contributed by atoms with E-state index in [0.29, 0.717) is 0 Å². The van der Waals surface area contributed by atoms with Crippen LogP contribution >= 0.6 is 0 Å². The lowest BCUT2D eigenvalue weighted by Gasteiger charge is -2.29. The zero-order chi connectivity index (χ0) is 12.4. The van der Waals surface area contributed by atoms with Crippen LogP contribution in [0, 0.1) is 0 Å². The van der Waals surface area contributed by atoms with Crippen molar-refractivity contribution in [2.24, 2.45) is 0 Å². The van der Waals surface area contributed by atoms with Crippen molar-refractivity contribution in [2.45, 2.75) is 65.2 Å². The Bertz CT molecular complexity index is 228. The third-order valence-corrected chi connectivity index (χ3v) is 3.73. The van der Waals surface area contributed by atoms with E-state index in [0.717, 1.165) is 4.48 Å². The van der Waals surface area contributed by atoms with Gasteiger partial charge in [-0.1, -0.05) is 46.0 Å². The van der Waals surface area contributed by atoms with Gasteiger partial charge in [-0.2, -0.15) is 0 Å². The minimum atomic E-state index is 1.11. The summed E-state index contributed by atoms with van der Waals surface area (Å²) in [5, 5.41) is 0. The van der Waals surface area contributed by atoms with E-state index in [1.54, 1.807) is 0 Å². The number of rotatable bonds is 10. The van der Waals surface area contributed by atoms with E-state index in [-0.39, 0.29) is 0 Å². The van der Waals surface area contributed by atoms with Crippen LogP contribution < -0.4 is 0 Å². The van der Waals surface area contributed by atoms with Crippen molar-refractivity contribution >= 4 is 0 Å². The van der Waals surface area contributed by atoms with Crippen LogP contribution in [0.2, 0.25) is 0 Å². The van der Waals surface area contributed by atoms with Crippen molar-refractivity contribution in [3.05, 3.63) is 24.6 Å². The first kappa shape index (κ1) is 14.5. The van der Waals surface area contributed by atoms with Crippen molar-refractivity contribution in [3.63, 3.8) is 0 Å². The van der Waals surface area contributed by atoms with E-state index < -0.39 is 0 Å². The fourth-order valence-corrected chi connectivity index (χ4v) is 2.54. The third-order valence-electron chi connectivity index (χ3n) is 3.73. The summed E-state index contributed by atoms with van der Waals surface area (Å²) in [4.78, 5) is 0. The Labute approximate surface area is 108 Å². The summed E-state index contributed by atoms with van der Waals surface area (Å²) in [6, 6.07) is 0. The molecule has 0 aliphatic carbocycles. The molecule has 1 heteroatoms. The number of allylic oxidation sites excluding steroid dienone is 2. The number of hydrogen-bond donors (Lipinski definition) is 0. The monoisotopic (exact) mass is 236 g/mol. The van der Waals surface area contributed by atoms with Crippen LogP contribution in [0.5, 0.6) is 0 Å². The molecule has 1 heterocycles. The van der Waals surface area contributed by atoms with Gasteiger partial charge in [0.25, 0.3) is 0 Å². The first-order valence-corrected chi connectivity index (χ1v) is 7.56. The quantitative estimate of drug-likeness (QED) is 0.370. The first-order chi connectivity index (χ1) is 8.33. The van der Waals surface area contributed by atoms with Crippen molar-refractivity contribution < 1.29 is 4.48 Å². The Morgan fingerprint density at radius 2 is 1.18 bits per heavy atom. The molecule has 0 unspecified atom stereocenters. The second-order valence-corrected chi connectivity index (χ2v) is 5.35. The molecule has 0 saturated carbocycles. The van der Waals surface area contributed by atoms with Gasteiger partial charge in [-0.25, -0.2) is 0 Å². The molecular formula is C16H30N+. The van der Waals surface area contributed by atoms with Crippen molar-refractivity contribution in [2.75, 3.05) is 13.1 Å². The summed E-state index contributed by atoms with van der Waals surface area (Å²) in [7, 11) is 0. The highest BCUT2D eigenvalue weighted by molar-refractivity contribution is 5.03. The predicted octanol–water partition coefficient (Wildman–Crippen LogP) is 5.00. The van der Waals surface area contributed by atoms with E-state index in [9.17, 15) is 0 Å². The minimum absolute atomic E-state index is 1.11. The molecule has 1 aliphatic rings. The van der Waals surface area contributed by atoms with E-state index in [1.807, 2.05) is 0 Å². The molecule has 0 N–H and O–H groups in total. The van der Waals surface area contributed by atoms with Gasteiger partial charge in [0, 0.05) is 0 Å². The summed E-state index contributed by atoms with van der Waals surface area (Å²) < 4.78 is 1.11. The Morgan fingerprint density at radius 1 is 0.647 bits per heavy atom. The smallest absolute Gasteiger partial charge is 0.101 e. The summed E-state index contributed by atoms with van der Waals surface area (Å²) in [5.41, 5.74) is 0. The van der Waals surface area contributed by atoms with E-state index >= 15 is 0 Å². The lowest BCUT2D eigenvalue weighted by molar-refractivity contribution is -0.826. The van der Waals surface area contributed by atoms with Gasteiger partial charge in [-0.15, -0.1) is 0 Å². The highest BCUT2D eigenvalue weighted by Gasteiger charge is 2.22. The molecule has 0 atom stereocenters. The SMILES string of the molecule is CCCCCCCC[N+]1(CCCC)C=CC=C1. The minimum Gasteiger partial charge on any atom is -0.271 e. The molecular weight excluding hydrogens is 206 g/mol. The summed E-state index contributed by atoms with van der Waals surface area (Å²) in [6.07, 6.45) is 20.2. The molecule has 17 heavy (non-hydrogen) atoms. The summed E-state index contributed by atoms with van der Waals surface area (Å²) in [6.45, 7) is 7.16. The molecule has 0 radical (unpaired) electrons. The lowest BCUT2D eigenvalue weighted by Crippen LogP contribution is -2.37. The zero-order valence-corrected chi connectivity index (χ0v) is 11.8. The van der Waals surface area contributed by atoms with Crippen molar-refractivity contribution in [3.8, 4) is 0 Å². The Kier molecular flexibility index (Phi) is 7.27. The average molecular weight is 236 g/mol. The molecule has 0 aromatic heterocycles. The van der Waals surface area contributed by atoms with Gasteiger partial charge in [0.05, 0.1) is 13.1 Å². The number of unbranched alkanes of at least 4 members (excludes halogenated alkanes) is 6. The van der Waals surface area contributed by atoms with Gasteiger partial charge in [-0.05, 0) is 31.4 Å². The highest BCUT2D eigenvalue weighted by Crippen LogP contribution is 2.19. The molecule has 0 saturated heterocycles. The second-order valence-electron chi connectivity index (χ2n) is 5.35. The van der Waals surface area contributed by atoms with E-state index in [2.05, 4.69) is 38.4 Å². The summed E-state index contributed by atoms with van der Waals surface area (Å²) in [5.74, 6) is 0. The molecule has 1 nitrogen and oxygen atoms in total. The Balaban J connectivity index is 2.17. The standard InChI is InChI=1S/C16H30N/c1-3-5-7-8-9-10-14-17(13-6-4-2)15-11-12-16-17/h11-12,15-16H,3-10,13-14H2,1-2H3/q+1. The number of nitrogens with zero attached hydrogens (tertiary/aromatic N) is 1. The van der Waals surface area contributed by atoms with Gasteiger partial charge in [0.15, 0.2) is 0 Å². The molecule has 98 valence electrons. The topological polar surface area (TPSA) is 0 Å². The maximum absolute atomic E-state index is 2.38. The number of hydrogen-bond acceptors (Lipinski definition) is 0. The average Bonchev–Trinajstić information content (AvgIpc) is 2.80. The van der Waals surface area contributed by atoms with Gasteiger partial charge in [-0.3, -0.25) is 4.48 Å². The summed E-state index contributed by atoms with van der Waals surface area (Å²) >= 11 is 0. The fraction of sp³-hybridized carbons (Fsp3) is 0.750. The van der Waals surface area contributed by atoms with Crippen molar-refractivity contribution in [1.82, 2.24) is 0 Å². The van der Waals surface area contributed by atoms with Crippen LogP contribution in [0.3, 0.4) is 0 Å². The Morgan fingerprint density at radius 3 is 1.82 bits per heavy atom. The maximum Gasteiger partial charge on any atom is 0.101 e. The van der Waals surface area contributed by atoms with Crippen LogP contribution in [0.4, 0.5) is 0 Å². The van der Waals surface area contributed by atoms with Crippen LogP contribution in [0.25, 0.3) is 0 Å². The second kappa shape index (κ2) is 8.52. The first-order valence-electron chi connectivity index (χ1n) is 7.56. The molecule has 0 aromatic rings. The fourth-order valence-electron chi connectivity index (χ4n) is 2.54. The molecule has 0 fully saturated rings. The molecule has 0 spiro atoms. The van der Waals surface area contributed by atoms with Gasteiger partial charge < -0.3 is 0 Å². The van der Waals surface area contributed by atoms with Gasteiger partial charge >= 0.3 is 0 Å². The van der Waals surface area contributed by atoms with E-state index in [4.69, 9.17) is 0 Å². The van der Waals surface area contributed by atoms with Crippen LogP contribution in [-0.4, -0.2) is 17.6 Å². The lowest BCUT2D eigenvalue weighted by atomic mass is 10.1. The molecule has 0 amide bonds. The maximum atomic E-state index is 2.38. The molecule has 0 aromatic carbocycles. The number of quaternary nitrogens is 1. The van der Waals surface area contributed by atoms with Crippen molar-refractivity contribution in [1.29, 1.82) is 0 Å². The zero-order valence-electron chi connectivity index (χ0n) is 11.8. The molecule has 1 aliphatic heterocycles. The Hall–Kier alpha value is -0.560. The third kappa shape index (κ3) is 5.54. The predicted molar refractivity (Wildman–Crippen MR) is 76.6 cm³/mol. The van der Waals surface area contributed by atoms with E-state index in [1.165, 1.54) is 64.5 Å². The van der Waals surface area contributed by atoms with Gasteiger partial charge in [0.2, 0.25) is 0 Å². The largest absolute Gasteiger partial charge is 0.271 e. The van der Waals surface area contributed by atoms with Crippen LogP contribution in [-0.2, 0) is 0 Å². The molecule has 1 rings (SSSR count). The van der Waals surface area contributed by atoms with Gasteiger partial charge in [0.1, 0.15) is 12.4 Å². The molecule has 0 bridgehead atoms.